The van der Waals surface area contributed by atoms with Gasteiger partial charge in [-0.2, -0.15) is 0 Å². The molecule has 0 radical (unpaired) electrons. The van der Waals surface area contributed by atoms with Gasteiger partial charge in [0.2, 0.25) is 0 Å². The summed E-state index contributed by atoms with van der Waals surface area (Å²) in [4.78, 5) is 12.3. The molecule has 0 spiro atoms. The van der Waals surface area contributed by atoms with Gasteiger partial charge >= 0.3 is 0 Å². The fourth-order valence-electron chi connectivity index (χ4n) is 2.12. The zero-order valence-corrected chi connectivity index (χ0v) is 15.9. The van der Waals surface area contributed by atoms with E-state index in [-0.39, 0.29) is 29.0 Å². The lowest BCUT2D eigenvalue weighted by Crippen LogP contribution is -2.45. The molecule has 2 rings (SSSR count). The predicted octanol–water partition coefficient (Wildman–Crippen LogP) is 2.55. The van der Waals surface area contributed by atoms with Crippen LogP contribution in [0.2, 0.25) is 0 Å². The molecular weight excluding hydrogens is 360 g/mol. The van der Waals surface area contributed by atoms with Gasteiger partial charge in [-0.25, -0.2) is 8.42 Å². The molecule has 0 aromatic heterocycles. The fourth-order valence-corrected chi connectivity index (χ4v) is 3.51. The maximum Gasteiger partial charge on any atom is 0.251 e. The van der Waals surface area contributed by atoms with Crippen molar-refractivity contribution < 1.29 is 13.2 Å². The molecule has 2 aromatic rings. The number of hydrogen-bond donors (Lipinski definition) is 2. The largest absolute Gasteiger partial charge is 0.350 e. The maximum absolute atomic E-state index is 12.5. The van der Waals surface area contributed by atoms with E-state index < -0.39 is 15.4 Å². The molecule has 0 aliphatic rings. The molecule has 7 heteroatoms. The van der Waals surface area contributed by atoms with E-state index in [0.29, 0.717) is 17.7 Å². The Morgan fingerprint density at radius 2 is 1.72 bits per heavy atom. The van der Waals surface area contributed by atoms with Crippen LogP contribution in [0.5, 0.6) is 0 Å². The standard InChI is InChI=1S/C18H22N2O3S.ClH/c1-18(2,19)13-20-17(21)15-9-6-10-16(11-15)24(22,23)12-14-7-4-3-5-8-14;/h3-11H,12-13,19H2,1-2H3,(H,20,21);1H. The molecular formula is C18H23ClN2O3S. The average Bonchev–Trinajstić information content (AvgIpc) is 2.52. The second-order valence-corrected chi connectivity index (χ2v) is 8.43. The van der Waals surface area contributed by atoms with Crippen LogP contribution in [0.3, 0.4) is 0 Å². The Hall–Kier alpha value is -1.89. The second kappa shape index (κ2) is 8.47. The van der Waals surface area contributed by atoms with Crippen LogP contribution in [0.25, 0.3) is 0 Å². The van der Waals surface area contributed by atoms with Crippen molar-refractivity contribution >= 4 is 28.2 Å². The van der Waals surface area contributed by atoms with Gasteiger partial charge in [-0.05, 0) is 37.6 Å². The molecule has 0 atom stereocenters. The topological polar surface area (TPSA) is 89.3 Å². The van der Waals surface area contributed by atoms with E-state index in [1.807, 2.05) is 6.07 Å². The van der Waals surface area contributed by atoms with Gasteiger partial charge in [0.25, 0.3) is 5.91 Å². The lowest BCUT2D eigenvalue weighted by atomic mass is 10.1. The fraction of sp³-hybridized carbons (Fsp3) is 0.278. The van der Waals surface area contributed by atoms with E-state index in [2.05, 4.69) is 5.32 Å². The maximum atomic E-state index is 12.5. The van der Waals surface area contributed by atoms with Gasteiger partial charge < -0.3 is 11.1 Å². The number of carbonyl (C=O) groups is 1. The Morgan fingerprint density at radius 1 is 1.08 bits per heavy atom. The van der Waals surface area contributed by atoms with Crippen molar-refractivity contribution in [1.29, 1.82) is 0 Å². The van der Waals surface area contributed by atoms with Crippen LogP contribution in [0.4, 0.5) is 0 Å². The number of benzene rings is 2. The summed E-state index contributed by atoms with van der Waals surface area (Å²) < 4.78 is 25.1. The van der Waals surface area contributed by atoms with E-state index >= 15 is 0 Å². The van der Waals surface area contributed by atoms with Crippen LogP contribution in [-0.2, 0) is 15.6 Å². The van der Waals surface area contributed by atoms with Crippen LogP contribution in [0, 0.1) is 0 Å². The van der Waals surface area contributed by atoms with Crippen LogP contribution in [-0.4, -0.2) is 26.4 Å². The molecule has 0 heterocycles. The molecule has 0 aliphatic carbocycles. The molecule has 0 saturated heterocycles. The summed E-state index contributed by atoms with van der Waals surface area (Å²) in [5.41, 5.74) is 6.31. The number of carbonyl (C=O) groups excluding carboxylic acids is 1. The van der Waals surface area contributed by atoms with Crippen LogP contribution < -0.4 is 11.1 Å². The van der Waals surface area contributed by atoms with E-state index in [1.54, 1.807) is 50.2 Å². The highest BCUT2D eigenvalue weighted by molar-refractivity contribution is 7.90. The first-order valence-corrected chi connectivity index (χ1v) is 9.26. The van der Waals surface area contributed by atoms with Gasteiger partial charge in [-0.3, -0.25) is 4.79 Å². The smallest absolute Gasteiger partial charge is 0.251 e. The van der Waals surface area contributed by atoms with E-state index in [4.69, 9.17) is 5.73 Å². The third kappa shape index (κ3) is 6.49. The molecule has 0 saturated carbocycles. The van der Waals surface area contributed by atoms with Crippen molar-refractivity contribution in [2.75, 3.05) is 6.54 Å². The van der Waals surface area contributed by atoms with Crippen molar-refractivity contribution in [3.05, 3.63) is 65.7 Å². The van der Waals surface area contributed by atoms with Gasteiger partial charge in [0.1, 0.15) is 0 Å². The van der Waals surface area contributed by atoms with Crippen molar-refractivity contribution in [2.45, 2.75) is 30.0 Å². The zero-order valence-electron chi connectivity index (χ0n) is 14.2. The molecule has 25 heavy (non-hydrogen) atoms. The van der Waals surface area contributed by atoms with Crippen LogP contribution >= 0.6 is 12.4 Å². The number of hydrogen-bond acceptors (Lipinski definition) is 4. The molecule has 2 aromatic carbocycles. The summed E-state index contributed by atoms with van der Waals surface area (Å²) in [6, 6.07) is 15.0. The molecule has 136 valence electrons. The Morgan fingerprint density at radius 3 is 2.32 bits per heavy atom. The number of sulfone groups is 1. The Bertz CT molecular complexity index is 816. The number of halogens is 1. The first-order chi connectivity index (χ1) is 11.2. The molecule has 0 fully saturated rings. The third-order valence-electron chi connectivity index (χ3n) is 3.36. The Kier molecular flexibility index (Phi) is 7.17. The van der Waals surface area contributed by atoms with E-state index in [1.165, 1.54) is 12.1 Å². The molecule has 3 N–H and O–H groups in total. The highest BCUT2D eigenvalue weighted by Crippen LogP contribution is 2.18. The summed E-state index contributed by atoms with van der Waals surface area (Å²) >= 11 is 0. The first kappa shape index (κ1) is 21.2. The summed E-state index contributed by atoms with van der Waals surface area (Å²) in [6.45, 7) is 3.90. The third-order valence-corrected chi connectivity index (χ3v) is 5.04. The number of nitrogens with two attached hydrogens (primary N) is 1. The van der Waals surface area contributed by atoms with Crippen LogP contribution in [0.1, 0.15) is 29.8 Å². The monoisotopic (exact) mass is 382 g/mol. The second-order valence-electron chi connectivity index (χ2n) is 6.44. The van der Waals surface area contributed by atoms with Crippen molar-refractivity contribution in [3.63, 3.8) is 0 Å². The van der Waals surface area contributed by atoms with Crippen molar-refractivity contribution in [1.82, 2.24) is 5.32 Å². The van der Waals surface area contributed by atoms with E-state index in [9.17, 15) is 13.2 Å². The lowest BCUT2D eigenvalue weighted by Gasteiger charge is -2.19. The van der Waals surface area contributed by atoms with Gasteiger partial charge in [-0.1, -0.05) is 36.4 Å². The average molecular weight is 383 g/mol. The highest BCUT2D eigenvalue weighted by atomic mass is 35.5. The summed E-state index contributed by atoms with van der Waals surface area (Å²) in [5.74, 6) is -0.445. The number of nitrogens with one attached hydrogen (secondary N) is 1. The Balaban J connectivity index is 0.00000312. The SMILES string of the molecule is CC(C)(N)CNC(=O)c1cccc(S(=O)(=O)Cc2ccccc2)c1.Cl. The van der Waals surface area contributed by atoms with Gasteiger partial charge in [0.15, 0.2) is 9.84 Å². The van der Waals surface area contributed by atoms with Gasteiger partial charge in [0, 0.05) is 17.6 Å². The van der Waals surface area contributed by atoms with Crippen LogP contribution in [0.15, 0.2) is 59.5 Å². The molecule has 0 bridgehead atoms. The summed E-state index contributed by atoms with van der Waals surface area (Å²) in [6.07, 6.45) is 0. The zero-order chi connectivity index (χ0) is 17.8. The molecule has 5 nitrogen and oxygen atoms in total. The van der Waals surface area contributed by atoms with Crippen molar-refractivity contribution in [3.8, 4) is 0 Å². The lowest BCUT2D eigenvalue weighted by molar-refractivity contribution is 0.0946. The number of amides is 1. The molecule has 0 aliphatic heterocycles. The molecule has 0 unspecified atom stereocenters. The minimum absolute atomic E-state index is 0. The molecule has 1 amide bonds. The van der Waals surface area contributed by atoms with Crippen molar-refractivity contribution in [2.24, 2.45) is 5.73 Å². The quantitative estimate of drug-likeness (QED) is 0.803. The minimum Gasteiger partial charge on any atom is -0.350 e. The number of rotatable bonds is 6. The van der Waals surface area contributed by atoms with Gasteiger partial charge in [-0.15, -0.1) is 12.4 Å². The summed E-state index contributed by atoms with van der Waals surface area (Å²) in [5, 5.41) is 2.71. The highest BCUT2D eigenvalue weighted by Gasteiger charge is 2.18. The predicted molar refractivity (Wildman–Crippen MR) is 102 cm³/mol. The minimum atomic E-state index is -3.52. The normalized spacial score (nSPS) is 11.5. The first-order valence-electron chi connectivity index (χ1n) is 7.61. The Labute approximate surface area is 155 Å². The van der Waals surface area contributed by atoms with E-state index in [0.717, 1.165) is 0 Å². The summed E-state index contributed by atoms with van der Waals surface area (Å²) in [7, 11) is -3.52. The van der Waals surface area contributed by atoms with Gasteiger partial charge in [0.05, 0.1) is 10.6 Å².